The van der Waals surface area contributed by atoms with Crippen molar-refractivity contribution in [3.05, 3.63) is 35.1 Å². The summed E-state index contributed by atoms with van der Waals surface area (Å²) in [7, 11) is 0. The first-order valence-electron chi connectivity index (χ1n) is 7.00. The molecule has 1 aliphatic carbocycles. The maximum absolute atomic E-state index is 6.39. The van der Waals surface area contributed by atoms with Gasteiger partial charge in [-0.25, -0.2) is 4.98 Å². The van der Waals surface area contributed by atoms with Crippen LogP contribution in [-0.2, 0) is 0 Å². The zero-order valence-corrected chi connectivity index (χ0v) is 11.7. The van der Waals surface area contributed by atoms with Crippen LogP contribution in [0.1, 0.15) is 50.0 Å². The van der Waals surface area contributed by atoms with Crippen LogP contribution >= 0.6 is 11.6 Å². The van der Waals surface area contributed by atoms with Gasteiger partial charge in [0.1, 0.15) is 6.33 Å². The number of aromatic nitrogens is 3. The van der Waals surface area contributed by atoms with Crippen LogP contribution in [0.4, 0.5) is 0 Å². The molecule has 0 aliphatic heterocycles. The molecular formula is C15H18ClN3. The van der Waals surface area contributed by atoms with Gasteiger partial charge in [-0.15, -0.1) is 0 Å². The molecule has 0 spiro atoms. The number of hydrogen-bond acceptors (Lipinski definition) is 2. The lowest BCUT2D eigenvalue weighted by atomic mass is 9.91. The second-order valence-corrected chi connectivity index (χ2v) is 5.67. The molecule has 0 saturated heterocycles. The molecule has 19 heavy (non-hydrogen) atoms. The zero-order chi connectivity index (χ0) is 13.1. The molecule has 0 atom stereocenters. The molecule has 1 aromatic heterocycles. The van der Waals surface area contributed by atoms with Gasteiger partial charge >= 0.3 is 0 Å². The summed E-state index contributed by atoms with van der Waals surface area (Å²) in [5, 5.41) is 7.49. The van der Waals surface area contributed by atoms with Crippen LogP contribution < -0.4 is 0 Å². The summed E-state index contributed by atoms with van der Waals surface area (Å²) in [5.41, 5.74) is 2.30. The normalized spacial score (nSPS) is 17.3. The Bertz CT molecular complexity index is 528. The van der Waals surface area contributed by atoms with Crippen molar-refractivity contribution in [2.45, 2.75) is 44.4 Å². The van der Waals surface area contributed by atoms with Gasteiger partial charge in [0.25, 0.3) is 0 Å². The van der Waals surface area contributed by atoms with Crippen LogP contribution in [0.2, 0.25) is 5.02 Å². The Morgan fingerprint density at radius 1 is 1.11 bits per heavy atom. The highest BCUT2D eigenvalue weighted by molar-refractivity contribution is 6.33. The zero-order valence-electron chi connectivity index (χ0n) is 10.9. The molecule has 3 rings (SSSR count). The van der Waals surface area contributed by atoms with Gasteiger partial charge in [0.15, 0.2) is 5.82 Å². The van der Waals surface area contributed by atoms with Crippen molar-refractivity contribution < 1.29 is 0 Å². The minimum absolute atomic E-state index is 0.670. The molecule has 2 aromatic rings. The topological polar surface area (TPSA) is 41.6 Å². The number of H-pyrrole nitrogens is 1. The van der Waals surface area contributed by atoms with E-state index < -0.39 is 0 Å². The largest absolute Gasteiger partial charge is 0.259 e. The molecule has 100 valence electrons. The first kappa shape index (κ1) is 12.7. The van der Waals surface area contributed by atoms with E-state index in [4.69, 9.17) is 11.6 Å². The van der Waals surface area contributed by atoms with Gasteiger partial charge in [-0.2, -0.15) is 5.10 Å². The van der Waals surface area contributed by atoms with E-state index in [1.165, 1.54) is 50.4 Å². The van der Waals surface area contributed by atoms with Gasteiger partial charge in [-0.1, -0.05) is 43.4 Å². The van der Waals surface area contributed by atoms with Crippen molar-refractivity contribution >= 4 is 11.6 Å². The standard InChI is InChI=1S/C15H18ClN3/c16-14-9-12(11-5-3-1-2-4-6-11)7-8-13(14)15-17-10-18-19-15/h7-11H,1-6H2,(H,17,18,19). The molecule has 1 aliphatic rings. The Balaban J connectivity index is 1.86. The predicted octanol–water partition coefficient (Wildman–Crippen LogP) is 4.56. The van der Waals surface area contributed by atoms with E-state index in [1.807, 2.05) is 0 Å². The molecular weight excluding hydrogens is 258 g/mol. The van der Waals surface area contributed by atoms with E-state index >= 15 is 0 Å². The number of aromatic amines is 1. The monoisotopic (exact) mass is 275 g/mol. The van der Waals surface area contributed by atoms with Gasteiger partial charge in [0.05, 0.1) is 5.02 Å². The maximum Gasteiger partial charge on any atom is 0.156 e. The van der Waals surface area contributed by atoms with E-state index in [1.54, 1.807) is 0 Å². The fraction of sp³-hybridized carbons (Fsp3) is 0.467. The third kappa shape index (κ3) is 2.81. The maximum atomic E-state index is 6.39. The van der Waals surface area contributed by atoms with Crippen LogP contribution in [0.15, 0.2) is 24.5 Å². The summed E-state index contributed by atoms with van der Waals surface area (Å²) in [5.74, 6) is 1.40. The summed E-state index contributed by atoms with van der Waals surface area (Å²) in [6, 6.07) is 6.36. The third-order valence-corrected chi connectivity index (χ3v) is 4.30. The van der Waals surface area contributed by atoms with Gasteiger partial charge in [-0.3, -0.25) is 5.10 Å². The van der Waals surface area contributed by atoms with Crippen molar-refractivity contribution in [2.75, 3.05) is 0 Å². The van der Waals surface area contributed by atoms with Crippen LogP contribution in [0, 0.1) is 0 Å². The van der Waals surface area contributed by atoms with Crippen molar-refractivity contribution in [2.24, 2.45) is 0 Å². The molecule has 1 aromatic carbocycles. The molecule has 1 fully saturated rings. The van der Waals surface area contributed by atoms with E-state index in [-0.39, 0.29) is 0 Å². The number of hydrogen-bond donors (Lipinski definition) is 1. The molecule has 1 saturated carbocycles. The highest BCUT2D eigenvalue weighted by Gasteiger charge is 2.16. The number of nitrogens with one attached hydrogen (secondary N) is 1. The van der Waals surface area contributed by atoms with Gasteiger partial charge < -0.3 is 0 Å². The summed E-state index contributed by atoms with van der Waals surface area (Å²) in [6.07, 6.45) is 9.51. The lowest BCUT2D eigenvalue weighted by Crippen LogP contribution is -1.97. The molecule has 4 heteroatoms. The van der Waals surface area contributed by atoms with E-state index in [0.29, 0.717) is 5.92 Å². The number of benzene rings is 1. The minimum atomic E-state index is 0.670. The lowest BCUT2D eigenvalue weighted by Gasteiger charge is -2.15. The summed E-state index contributed by atoms with van der Waals surface area (Å²) in [6.45, 7) is 0. The van der Waals surface area contributed by atoms with E-state index in [2.05, 4.69) is 33.4 Å². The fourth-order valence-corrected chi connectivity index (χ4v) is 3.20. The average molecular weight is 276 g/mol. The van der Waals surface area contributed by atoms with Crippen LogP contribution in [0.3, 0.4) is 0 Å². The van der Waals surface area contributed by atoms with Gasteiger partial charge in [-0.05, 0) is 36.5 Å². The molecule has 1 heterocycles. The fourth-order valence-electron chi connectivity index (χ4n) is 2.93. The molecule has 0 bridgehead atoms. The SMILES string of the molecule is Clc1cc(C2CCCCCC2)ccc1-c1ncn[nH]1. The number of nitrogens with zero attached hydrogens (tertiary/aromatic N) is 2. The Morgan fingerprint density at radius 3 is 2.53 bits per heavy atom. The summed E-state index contributed by atoms with van der Waals surface area (Å²) >= 11 is 6.39. The predicted molar refractivity (Wildman–Crippen MR) is 77.3 cm³/mol. The minimum Gasteiger partial charge on any atom is -0.259 e. The second-order valence-electron chi connectivity index (χ2n) is 5.26. The van der Waals surface area contributed by atoms with E-state index in [9.17, 15) is 0 Å². The molecule has 0 unspecified atom stereocenters. The molecule has 1 N–H and O–H groups in total. The Labute approximate surface area is 118 Å². The first-order valence-corrected chi connectivity index (χ1v) is 7.37. The third-order valence-electron chi connectivity index (χ3n) is 3.99. The van der Waals surface area contributed by atoms with E-state index in [0.717, 1.165) is 16.4 Å². The highest BCUT2D eigenvalue weighted by atomic mass is 35.5. The van der Waals surface area contributed by atoms with Crippen molar-refractivity contribution in [3.8, 4) is 11.4 Å². The van der Waals surface area contributed by atoms with Crippen LogP contribution in [0.25, 0.3) is 11.4 Å². The molecule has 0 radical (unpaired) electrons. The van der Waals surface area contributed by atoms with Gasteiger partial charge in [0.2, 0.25) is 0 Å². The first-order chi connectivity index (χ1) is 9.34. The quantitative estimate of drug-likeness (QED) is 0.816. The summed E-state index contributed by atoms with van der Waals surface area (Å²) < 4.78 is 0. The average Bonchev–Trinajstić information content (AvgIpc) is 2.81. The Kier molecular flexibility index (Phi) is 3.83. The Morgan fingerprint density at radius 2 is 1.89 bits per heavy atom. The lowest BCUT2D eigenvalue weighted by molar-refractivity contribution is 0.592. The smallest absolute Gasteiger partial charge is 0.156 e. The van der Waals surface area contributed by atoms with Crippen molar-refractivity contribution in [3.63, 3.8) is 0 Å². The van der Waals surface area contributed by atoms with Gasteiger partial charge in [0, 0.05) is 5.56 Å². The van der Waals surface area contributed by atoms with Crippen molar-refractivity contribution in [1.82, 2.24) is 15.2 Å². The number of rotatable bonds is 2. The molecule has 3 nitrogen and oxygen atoms in total. The Hall–Kier alpha value is -1.35. The number of halogens is 1. The second kappa shape index (κ2) is 5.74. The molecule has 0 amide bonds. The van der Waals surface area contributed by atoms with Crippen LogP contribution in [-0.4, -0.2) is 15.2 Å². The van der Waals surface area contributed by atoms with Crippen molar-refractivity contribution in [1.29, 1.82) is 0 Å². The summed E-state index contributed by atoms with van der Waals surface area (Å²) in [4.78, 5) is 4.15. The van der Waals surface area contributed by atoms with Crippen LogP contribution in [0.5, 0.6) is 0 Å². The highest BCUT2D eigenvalue weighted by Crippen LogP contribution is 2.35.